The van der Waals surface area contributed by atoms with Gasteiger partial charge in [-0.1, -0.05) is 102 Å². The standard InChI is InChI=1S/C30H32Cl2N2O2/c1-21-11-13-23(14-12-21)19-29(35)34(20-24-15-16-26(31)27(32)17-24)28(18-22-7-3-2-4-8-22)30(36)33-25-9-5-6-10-25/h2-4,7-8,11-17,25,28H,5-6,9-10,18-20H2,1H3,(H,33,36)/t28-/m1/s1. The molecule has 4 nitrogen and oxygen atoms in total. The maximum absolute atomic E-state index is 13.8. The van der Waals surface area contributed by atoms with Crippen LogP contribution in [0.5, 0.6) is 0 Å². The second kappa shape index (κ2) is 12.4. The van der Waals surface area contributed by atoms with Crippen molar-refractivity contribution in [3.63, 3.8) is 0 Å². The van der Waals surface area contributed by atoms with Gasteiger partial charge in [-0.3, -0.25) is 9.59 Å². The summed E-state index contributed by atoms with van der Waals surface area (Å²) in [6, 6.07) is 22.7. The molecule has 2 amide bonds. The minimum Gasteiger partial charge on any atom is -0.352 e. The third-order valence-electron chi connectivity index (χ3n) is 6.79. The van der Waals surface area contributed by atoms with E-state index in [4.69, 9.17) is 23.2 Å². The maximum atomic E-state index is 13.8. The Balaban J connectivity index is 1.66. The van der Waals surface area contributed by atoms with E-state index < -0.39 is 6.04 Å². The third kappa shape index (κ3) is 7.11. The summed E-state index contributed by atoms with van der Waals surface area (Å²) in [6.45, 7) is 2.28. The molecule has 188 valence electrons. The Labute approximate surface area is 223 Å². The van der Waals surface area contributed by atoms with Gasteiger partial charge in [-0.15, -0.1) is 0 Å². The van der Waals surface area contributed by atoms with Gasteiger partial charge in [0, 0.05) is 19.0 Å². The summed E-state index contributed by atoms with van der Waals surface area (Å²) < 4.78 is 0. The summed E-state index contributed by atoms with van der Waals surface area (Å²) in [4.78, 5) is 29.2. The van der Waals surface area contributed by atoms with E-state index in [1.165, 1.54) is 0 Å². The van der Waals surface area contributed by atoms with Crippen molar-refractivity contribution in [3.8, 4) is 0 Å². The van der Waals surface area contributed by atoms with Crippen LogP contribution >= 0.6 is 23.2 Å². The fourth-order valence-corrected chi connectivity index (χ4v) is 5.06. The average Bonchev–Trinajstić information content (AvgIpc) is 3.38. The Morgan fingerprint density at radius 2 is 1.56 bits per heavy atom. The summed E-state index contributed by atoms with van der Waals surface area (Å²) in [5, 5.41) is 4.11. The number of aryl methyl sites for hydroxylation is 1. The molecule has 1 aliphatic rings. The first-order chi connectivity index (χ1) is 17.4. The SMILES string of the molecule is Cc1ccc(CC(=O)N(Cc2ccc(Cl)c(Cl)c2)[C@H](Cc2ccccc2)C(=O)NC2CCCC2)cc1. The lowest BCUT2D eigenvalue weighted by Crippen LogP contribution is -2.52. The second-order valence-corrected chi connectivity index (χ2v) is 10.4. The number of benzene rings is 3. The topological polar surface area (TPSA) is 49.4 Å². The molecule has 3 aromatic carbocycles. The largest absolute Gasteiger partial charge is 0.352 e. The molecule has 1 saturated carbocycles. The molecule has 1 fully saturated rings. The van der Waals surface area contributed by atoms with E-state index in [0.717, 1.165) is 47.9 Å². The van der Waals surface area contributed by atoms with Gasteiger partial charge in [0.25, 0.3) is 0 Å². The van der Waals surface area contributed by atoms with Crippen LogP contribution in [0.3, 0.4) is 0 Å². The normalized spacial score (nSPS) is 14.4. The van der Waals surface area contributed by atoms with Gasteiger partial charge in [0.15, 0.2) is 0 Å². The highest BCUT2D eigenvalue weighted by molar-refractivity contribution is 6.42. The summed E-state index contributed by atoms with van der Waals surface area (Å²) in [5.74, 6) is -0.213. The molecular formula is C30H32Cl2N2O2. The number of hydrogen-bond acceptors (Lipinski definition) is 2. The molecule has 0 heterocycles. The number of amides is 2. The van der Waals surface area contributed by atoms with Crippen LogP contribution in [0, 0.1) is 6.92 Å². The Hall–Kier alpha value is -2.82. The monoisotopic (exact) mass is 522 g/mol. The maximum Gasteiger partial charge on any atom is 0.243 e. The summed E-state index contributed by atoms with van der Waals surface area (Å²) in [6.07, 6.45) is 4.84. The third-order valence-corrected chi connectivity index (χ3v) is 7.52. The van der Waals surface area contributed by atoms with Crippen molar-refractivity contribution in [2.45, 2.75) is 64.1 Å². The quantitative estimate of drug-likeness (QED) is 0.346. The van der Waals surface area contributed by atoms with E-state index in [0.29, 0.717) is 16.5 Å². The van der Waals surface area contributed by atoms with Crippen LogP contribution in [0.2, 0.25) is 10.0 Å². The molecule has 4 rings (SSSR count). The molecule has 6 heteroatoms. The van der Waals surface area contributed by atoms with E-state index in [1.54, 1.807) is 17.0 Å². The molecule has 0 aromatic heterocycles. The van der Waals surface area contributed by atoms with E-state index in [1.807, 2.05) is 67.6 Å². The summed E-state index contributed by atoms with van der Waals surface area (Å²) in [5.41, 5.74) is 3.89. The van der Waals surface area contributed by atoms with Gasteiger partial charge in [0.05, 0.1) is 16.5 Å². The molecule has 36 heavy (non-hydrogen) atoms. The predicted molar refractivity (Wildman–Crippen MR) is 146 cm³/mol. The molecule has 1 aliphatic carbocycles. The van der Waals surface area contributed by atoms with Crippen LogP contribution in [-0.2, 0) is 29.0 Å². The van der Waals surface area contributed by atoms with Gasteiger partial charge in [-0.25, -0.2) is 0 Å². The number of carbonyl (C=O) groups is 2. The molecule has 1 N–H and O–H groups in total. The Morgan fingerprint density at radius 3 is 2.22 bits per heavy atom. The van der Waals surface area contributed by atoms with Crippen molar-refractivity contribution in [1.82, 2.24) is 10.2 Å². The molecule has 0 unspecified atom stereocenters. The van der Waals surface area contributed by atoms with Crippen LogP contribution in [0.25, 0.3) is 0 Å². The molecular weight excluding hydrogens is 491 g/mol. The van der Waals surface area contributed by atoms with Crippen molar-refractivity contribution < 1.29 is 9.59 Å². The highest BCUT2D eigenvalue weighted by Crippen LogP contribution is 2.25. The smallest absolute Gasteiger partial charge is 0.243 e. The number of nitrogens with one attached hydrogen (secondary N) is 1. The average molecular weight is 524 g/mol. The van der Waals surface area contributed by atoms with Crippen molar-refractivity contribution in [2.24, 2.45) is 0 Å². The molecule has 3 aromatic rings. The molecule has 0 radical (unpaired) electrons. The first-order valence-corrected chi connectivity index (χ1v) is 13.3. The van der Waals surface area contributed by atoms with Gasteiger partial charge in [-0.2, -0.15) is 0 Å². The van der Waals surface area contributed by atoms with Crippen LogP contribution < -0.4 is 5.32 Å². The first kappa shape index (κ1) is 26.2. The van der Waals surface area contributed by atoms with Crippen molar-refractivity contribution in [3.05, 3.63) is 105 Å². The van der Waals surface area contributed by atoms with Crippen LogP contribution in [0.4, 0.5) is 0 Å². The van der Waals surface area contributed by atoms with Crippen molar-refractivity contribution in [1.29, 1.82) is 0 Å². The second-order valence-electron chi connectivity index (χ2n) is 9.63. The Kier molecular flexibility index (Phi) is 9.06. The number of rotatable bonds is 9. The van der Waals surface area contributed by atoms with Gasteiger partial charge in [0.2, 0.25) is 11.8 Å². The fraction of sp³-hybridized carbons (Fsp3) is 0.333. The Bertz CT molecular complexity index is 1180. The number of nitrogens with zero attached hydrogens (tertiary/aromatic N) is 1. The molecule has 0 spiro atoms. The van der Waals surface area contributed by atoms with E-state index in [-0.39, 0.29) is 30.8 Å². The number of hydrogen-bond donors (Lipinski definition) is 1. The fourth-order valence-electron chi connectivity index (χ4n) is 4.74. The lowest BCUT2D eigenvalue weighted by molar-refractivity contribution is -0.141. The molecule has 0 saturated heterocycles. The zero-order valence-corrected chi connectivity index (χ0v) is 22.1. The highest BCUT2D eigenvalue weighted by atomic mass is 35.5. The van der Waals surface area contributed by atoms with Crippen LogP contribution in [-0.4, -0.2) is 28.8 Å². The first-order valence-electron chi connectivity index (χ1n) is 12.5. The minimum atomic E-state index is -0.652. The van der Waals surface area contributed by atoms with Gasteiger partial charge in [-0.05, 0) is 48.6 Å². The zero-order chi connectivity index (χ0) is 25.5. The minimum absolute atomic E-state index is 0.104. The van der Waals surface area contributed by atoms with E-state index in [9.17, 15) is 9.59 Å². The summed E-state index contributed by atoms with van der Waals surface area (Å²) in [7, 11) is 0. The molecule has 0 aliphatic heterocycles. The highest BCUT2D eigenvalue weighted by Gasteiger charge is 2.32. The van der Waals surface area contributed by atoms with Gasteiger partial charge in [0.1, 0.15) is 6.04 Å². The Morgan fingerprint density at radius 1 is 0.889 bits per heavy atom. The lowest BCUT2D eigenvalue weighted by Gasteiger charge is -2.32. The summed E-state index contributed by atoms with van der Waals surface area (Å²) >= 11 is 12.4. The van der Waals surface area contributed by atoms with Gasteiger partial charge < -0.3 is 10.2 Å². The van der Waals surface area contributed by atoms with Gasteiger partial charge >= 0.3 is 0 Å². The van der Waals surface area contributed by atoms with Crippen LogP contribution in [0.15, 0.2) is 72.8 Å². The van der Waals surface area contributed by atoms with E-state index in [2.05, 4.69) is 5.32 Å². The zero-order valence-electron chi connectivity index (χ0n) is 20.6. The molecule has 1 atom stereocenters. The van der Waals surface area contributed by atoms with E-state index >= 15 is 0 Å². The number of halogens is 2. The number of carbonyl (C=O) groups excluding carboxylic acids is 2. The molecule has 0 bridgehead atoms. The predicted octanol–water partition coefficient (Wildman–Crippen LogP) is 6.54. The van der Waals surface area contributed by atoms with Crippen molar-refractivity contribution in [2.75, 3.05) is 0 Å². The lowest BCUT2D eigenvalue weighted by atomic mass is 10.0. The van der Waals surface area contributed by atoms with Crippen LogP contribution in [0.1, 0.15) is 47.9 Å². The van der Waals surface area contributed by atoms with Crippen molar-refractivity contribution >= 4 is 35.0 Å².